The number of rotatable bonds is 6. The Morgan fingerprint density at radius 1 is 1.16 bits per heavy atom. The standard InChI is InChI=1S/C16H13ClN4O3S/c17-10-3-1-9(2-4-10)11-7-25-16-14(11)15(20-8-21-16)19-5-12(22)18-6-13(23)24/h1-4,7-8H,5-6H2,(H,18,22)(H,23,24)(H,19,20,21). The molecule has 0 bridgehead atoms. The van der Waals surface area contributed by atoms with Crippen LogP contribution in [0.15, 0.2) is 36.0 Å². The number of carbonyl (C=O) groups excluding carboxylic acids is 1. The number of carboxylic acids is 1. The van der Waals surface area contributed by atoms with Gasteiger partial charge in [0, 0.05) is 16.0 Å². The Morgan fingerprint density at radius 2 is 1.92 bits per heavy atom. The van der Waals surface area contributed by atoms with E-state index in [0.717, 1.165) is 21.3 Å². The molecule has 3 aromatic rings. The Kier molecular flexibility index (Phi) is 5.11. The summed E-state index contributed by atoms with van der Waals surface area (Å²) in [5, 5.41) is 17.2. The lowest BCUT2D eigenvalue weighted by Crippen LogP contribution is -2.34. The molecule has 128 valence electrons. The minimum atomic E-state index is -1.10. The molecule has 2 aromatic heterocycles. The van der Waals surface area contributed by atoms with Gasteiger partial charge >= 0.3 is 5.97 Å². The maximum atomic E-state index is 11.7. The van der Waals surface area contributed by atoms with Crippen LogP contribution in [0.1, 0.15) is 0 Å². The molecule has 0 aliphatic rings. The summed E-state index contributed by atoms with van der Waals surface area (Å²) in [5.74, 6) is -1.01. The Balaban J connectivity index is 1.86. The van der Waals surface area contributed by atoms with Crippen molar-refractivity contribution in [2.24, 2.45) is 0 Å². The van der Waals surface area contributed by atoms with E-state index in [-0.39, 0.29) is 6.54 Å². The van der Waals surface area contributed by atoms with Crippen molar-refractivity contribution >= 4 is 50.8 Å². The van der Waals surface area contributed by atoms with Gasteiger partial charge in [-0.05, 0) is 17.7 Å². The lowest BCUT2D eigenvalue weighted by molar-refractivity contribution is -0.137. The smallest absolute Gasteiger partial charge is 0.322 e. The highest BCUT2D eigenvalue weighted by atomic mass is 35.5. The zero-order valence-corrected chi connectivity index (χ0v) is 14.4. The number of anilines is 1. The van der Waals surface area contributed by atoms with E-state index < -0.39 is 18.4 Å². The van der Waals surface area contributed by atoms with Gasteiger partial charge in [-0.1, -0.05) is 23.7 Å². The Morgan fingerprint density at radius 3 is 2.64 bits per heavy atom. The molecular weight excluding hydrogens is 364 g/mol. The van der Waals surface area contributed by atoms with Crippen LogP contribution >= 0.6 is 22.9 Å². The predicted octanol–water partition coefficient (Wildman–Crippen LogP) is 2.62. The van der Waals surface area contributed by atoms with Gasteiger partial charge in [0.2, 0.25) is 5.91 Å². The summed E-state index contributed by atoms with van der Waals surface area (Å²) in [5.41, 5.74) is 1.90. The molecule has 3 N–H and O–H groups in total. The van der Waals surface area contributed by atoms with Crippen LogP contribution in [0.4, 0.5) is 5.82 Å². The molecule has 1 aromatic carbocycles. The van der Waals surface area contributed by atoms with Gasteiger partial charge in [-0.3, -0.25) is 9.59 Å². The number of fused-ring (bicyclic) bond motifs is 1. The van der Waals surface area contributed by atoms with Crippen LogP contribution < -0.4 is 10.6 Å². The molecule has 0 saturated heterocycles. The third kappa shape index (κ3) is 4.04. The topological polar surface area (TPSA) is 104 Å². The first-order valence-electron chi connectivity index (χ1n) is 7.25. The van der Waals surface area contributed by atoms with E-state index in [0.29, 0.717) is 10.8 Å². The van der Waals surface area contributed by atoms with Gasteiger partial charge in [-0.15, -0.1) is 11.3 Å². The fourth-order valence-electron chi connectivity index (χ4n) is 2.25. The molecule has 2 heterocycles. The SMILES string of the molecule is O=C(O)CNC(=O)CNc1ncnc2scc(-c3ccc(Cl)cc3)c12. The molecule has 0 aliphatic carbocycles. The maximum Gasteiger partial charge on any atom is 0.322 e. The van der Waals surface area contributed by atoms with Crippen molar-refractivity contribution in [3.05, 3.63) is 41.0 Å². The summed E-state index contributed by atoms with van der Waals surface area (Å²) in [6.07, 6.45) is 1.42. The van der Waals surface area contributed by atoms with Crippen molar-refractivity contribution in [3.8, 4) is 11.1 Å². The predicted molar refractivity (Wildman–Crippen MR) is 97.0 cm³/mol. The van der Waals surface area contributed by atoms with Crippen LogP contribution in [-0.2, 0) is 9.59 Å². The second kappa shape index (κ2) is 7.45. The quantitative estimate of drug-likeness (QED) is 0.611. The van der Waals surface area contributed by atoms with Crippen LogP contribution in [0.2, 0.25) is 5.02 Å². The molecule has 0 radical (unpaired) electrons. The van der Waals surface area contributed by atoms with Gasteiger partial charge in [0.1, 0.15) is 23.5 Å². The molecule has 25 heavy (non-hydrogen) atoms. The highest BCUT2D eigenvalue weighted by Crippen LogP contribution is 2.36. The molecule has 7 nitrogen and oxygen atoms in total. The van der Waals surface area contributed by atoms with Gasteiger partial charge in [-0.25, -0.2) is 9.97 Å². The van der Waals surface area contributed by atoms with Crippen LogP contribution in [-0.4, -0.2) is 40.0 Å². The summed E-state index contributed by atoms with van der Waals surface area (Å²) < 4.78 is 0. The third-order valence-electron chi connectivity index (χ3n) is 3.38. The fraction of sp³-hybridized carbons (Fsp3) is 0.125. The van der Waals surface area contributed by atoms with Crippen molar-refractivity contribution in [3.63, 3.8) is 0 Å². The Bertz CT molecular complexity index is 927. The number of aromatic nitrogens is 2. The van der Waals surface area contributed by atoms with Crippen molar-refractivity contribution in [1.82, 2.24) is 15.3 Å². The molecule has 0 unspecified atom stereocenters. The van der Waals surface area contributed by atoms with E-state index in [9.17, 15) is 9.59 Å². The van der Waals surface area contributed by atoms with E-state index in [2.05, 4.69) is 20.6 Å². The van der Waals surface area contributed by atoms with Crippen LogP contribution in [0.3, 0.4) is 0 Å². The second-order valence-electron chi connectivity index (χ2n) is 5.08. The van der Waals surface area contributed by atoms with Gasteiger partial charge in [0.05, 0.1) is 11.9 Å². The van der Waals surface area contributed by atoms with Gasteiger partial charge in [0.25, 0.3) is 0 Å². The average Bonchev–Trinajstić information content (AvgIpc) is 3.03. The number of hydrogen-bond donors (Lipinski definition) is 3. The molecule has 0 fully saturated rings. The van der Waals surface area contributed by atoms with E-state index >= 15 is 0 Å². The molecule has 0 atom stereocenters. The highest BCUT2D eigenvalue weighted by molar-refractivity contribution is 7.17. The van der Waals surface area contributed by atoms with E-state index in [4.69, 9.17) is 16.7 Å². The number of halogens is 1. The van der Waals surface area contributed by atoms with Gasteiger partial charge in [0.15, 0.2) is 0 Å². The second-order valence-corrected chi connectivity index (χ2v) is 6.38. The summed E-state index contributed by atoms with van der Waals surface area (Å²) in [7, 11) is 0. The number of thiophene rings is 1. The van der Waals surface area contributed by atoms with Gasteiger partial charge < -0.3 is 15.7 Å². The summed E-state index contributed by atoms with van der Waals surface area (Å²) >= 11 is 7.41. The number of nitrogens with one attached hydrogen (secondary N) is 2. The molecule has 1 amide bonds. The first-order chi connectivity index (χ1) is 12.0. The van der Waals surface area contributed by atoms with E-state index in [1.54, 1.807) is 12.1 Å². The zero-order chi connectivity index (χ0) is 17.8. The molecule has 0 saturated carbocycles. The first-order valence-corrected chi connectivity index (χ1v) is 8.51. The van der Waals surface area contributed by atoms with Gasteiger partial charge in [-0.2, -0.15) is 0 Å². The zero-order valence-electron chi connectivity index (χ0n) is 12.8. The number of nitrogens with zero attached hydrogens (tertiary/aromatic N) is 2. The number of carboxylic acid groups (broad SMARTS) is 1. The van der Waals surface area contributed by atoms with Crippen molar-refractivity contribution < 1.29 is 14.7 Å². The van der Waals surface area contributed by atoms with Crippen LogP contribution in [0.25, 0.3) is 21.3 Å². The first kappa shape index (κ1) is 17.1. The third-order valence-corrected chi connectivity index (χ3v) is 4.52. The highest BCUT2D eigenvalue weighted by Gasteiger charge is 2.14. The average molecular weight is 377 g/mol. The largest absolute Gasteiger partial charge is 0.480 e. The van der Waals surface area contributed by atoms with E-state index in [1.807, 2.05) is 17.5 Å². The maximum absolute atomic E-state index is 11.7. The monoisotopic (exact) mass is 376 g/mol. The van der Waals surface area contributed by atoms with Crippen LogP contribution in [0.5, 0.6) is 0 Å². The van der Waals surface area contributed by atoms with Crippen LogP contribution in [0, 0.1) is 0 Å². The summed E-state index contributed by atoms with van der Waals surface area (Å²) in [6, 6.07) is 7.41. The minimum Gasteiger partial charge on any atom is -0.480 e. The van der Waals surface area contributed by atoms with E-state index in [1.165, 1.54) is 17.7 Å². The van der Waals surface area contributed by atoms with Crippen molar-refractivity contribution in [2.75, 3.05) is 18.4 Å². The normalized spacial score (nSPS) is 10.6. The molecule has 9 heteroatoms. The Hall–Kier alpha value is -2.71. The number of aliphatic carboxylic acids is 1. The molecule has 3 rings (SSSR count). The Labute approximate surface area is 151 Å². The lowest BCUT2D eigenvalue weighted by atomic mass is 10.1. The number of benzene rings is 1. The lowest BCUT2D eigenvalue weighted by Gasteiger charge is -2.08. The molecule has 0 spiro atoms. The van der Waals surface area contributed by atoms with Crippen molar-refractivity contribution in [1.29, 1.82) is 0 Å². The summed E-state index contributed by atoms with van der Waals surface area (Å²) in [4.78, 5) is 31.4. The summed E-state index contributed by atoms with van der Waals surface area (Å²) in [6.45, 7) is -0.510. The fourth-order valence-corrected chi connectivity index (χ4v) is 3.29. The molecule has 0 aliphatic heterocycles. The minimum absolute atomic E-state index is 0.0880. The van der Waals surface area contributed by atoms with Crippen molar-refractivity contribution in [2.45, 2.75) is 0 Å². The number of hydrogen-bond acceptors (Lipinski definition) is 6. The number of carbonyl (C=O) groups is 2. The number of amides is 1. The molecular formula is C16H13ClN4O3S.